The van der Waals surface area contributed by atoms with Gasteiger partial charge in [0.15, 0.2) is 0 Å². The molecule has 1 aromatic carbocycles. The van der Waals surface area contributed by atoms with Gasteiger partial charge in [0.05, 0.1) is 6.54 Å². The average Bonchev–Trinajstić information content (AvgIpc) is 2.41. The first-order valence-corrected chi connectivity index (χ1v) is 5.79. The van der Waals surface area contributed by atoms with E-state index in [0.29, 0.717) is 6.54 Å². The van der Waals surface area contributed by atoms with Crippen molar-refractivity contribution in [2.24, 2.45) is 0 Å². The summed E-state index contributed by atoms with van der Waals surface area (Å²) in [6, 6.07) is 13.3. The summed E-state index contributed by atoms with van der Waals surface area (Å²) in [5, 5.41) is 5.90. The molecule has 0 atom stereocenters. The van der Waals surface area contributed by atoms with Crippen LogP contribution in [-0.4, -0.2) is 17.4 Å². The number of rotatable bonds is 5. The SMILES string of the molecule is O=C(CNCc1ccncc1)Nc1ccccc1. The van der Waals surface area contributed by atoms with Crippen molar-refractivity contribution >= 4 is 11.6 Å². The Morgan fingerprint density at radius 2 is 1.78 bits per heavy atom. The minimum absolute atomic E-state index is 0.0461. The van der Waals surface area contributed by atoms with Crippen molar-refractivity contribution in [2.75, 3.05) is 11.9 Å². The Morgan fingerprint density at radius 1 is 1.06 bits per heavy atom. The molecule has 2 aromatic rings. The van der Waals surface area contributed by atoms with Crippen molar-refractivity contribution in [1.29, 1.82) is 0 Å². The quantitative estimate of drug-likeness (QED) is 0.839. The van der Waals surface area contributed by atoms with Gasteiger partial charge in [0, 0.05) is 24.6 Å². The van der Waals surface area contributed by atoms with Crippen LogP contribution in [0.4, 0.5) is 5.69 Å². The molecule has 2 rings (SSSR count). The van der Waals surface area contributed by atoms with E-state index >= 15 is 0 Å². The zero-order valence-electron chi connectivity index (χ0n) is 9.97. The third-order valence-electron chi connectivity index (χ3n) is 2.42. The number of hydrogen-bond acceptors (Lipinski definition) is 3. The molecule has 0 bridgehead atoms. The van der Waals surface area contributed by atoms with Gasteiger partial charge in [-0.15, -0.1) is 0 Å². The first-order valence-electron chi connectivity index (χ1n) is 5.79. The van der Waals surface area contributed by atoms with E-state index < -0.39 is 0 Å². The molecular formula is C14H15N3O. The maximum Gasteiger partial charge on any atom is 0.238 e. The van der Waals surface area contributed by atoms with E-state index in [2.05, 4.69) is 15.6 Å². The molecule has 0 saturated carbocycles. The molecule has 92 valence electrons. The van der Waals surface area contributed by atoms with E-state index in [9.17, 15) is 4.79 Å². The fraction of sp³-hybridized carbons (Fsp3) is 0.143. The molecule has 0 spiro atoms. The molecule has 4 nitrogen and oxygen atoms in total. The van der Waals surface area contributed by atoms with Gasteiger partial charge in [0.2, 0.25) is 5.91 Å². The Balaban J connectivity index is 1.73. The first-order chi connectivity index (χ1) is 8.84. The highest BCUT2D eigenvalue weighted by Crippen LogP contribution is 2.04. The summed E-state index contributed by atoms with van der Waals surface area (Å²) in [7, 11) is 0. The van der Waals surface area contributed by atoms with E-state index in [-0.39, 0.29) is 12.5 Å². The van der Waals surface area contributed by atoms with Gasteiger partial charge in [0.25, 0.3) is 0 Å². The van der Waals surface area contributed by atoms with Crippen molar-refractivity contribution in [3.05, 3.63) is 60.4 Å². The van der Waals surface area contributed by atoms with Gasteiger partial charge in [-0.05, 0) is 29.8 Å². The third-order valence-corrected chi connectivity index (χ3v) is 2.42. The minimum Gasteiger partial charge on any atom is -0.325 e. The Bertz CT molecular complexity index is 485. The van der Waals surface area contributed by atoms with Crippen molar-refractivity contribution in [1.82, 2.24) is 10.3 Å². The predicted octanol–water partition coefficient (Wildman–Crippen LogP) is 1.81. The summed E-state index contributed by atoms with van der Waals surface area (Å²) >= 11 is 0. The molecule has 1 heterocycles. The molecule has 0 radical (unpaired) electrons. The number of pyridine rings is 1. The van der Waals surface area contributed by atoms with Gasteiger partial charge in [-0.25, -0.2) is 0 Å². The molecule has 1 aromatic heterocycles. The second-order valence-electron chi connectivity index (χ2n) is 3.87. The molecular weight excluding hydrogens is 226 g/mol. The second kappa shape index (κ2) is 6.51. The van der Waals surface area contributed by atoms with Crippen molar-refractivity contribution in [3.8, 4) is 0 Å². The van der Waals surface area contributed by atoms with E-state index in [4.69, 9.17) is 0 Å². The van der Waals surface area contributed by atoms with Crippen molar-refractivity contribution in [3.63, 3.8) is 0 Å². The number of carbonyl (C=O) groups excluding carboxylic acids is 1. The van der Waals surface area contributed by atoms with Gasteiger partial charge in [-0.3, -0.25) is 9.78 Å². The van der Waals surface area contributed by atoms with Crippen LogP contribution >= 0.6 is 0 Å². The van der Waals surface area contributed by atoms with E-state index in [1.54, 1.807) is 12.4 Å². The van der Waals surface area contributed by atoms with E-state index in [1.165, 1.54) is 0 Å². The van der Waals surface area contributed by atoms with Crippen LogP contribution in [0.2, 0.25) is 0 Å². The monoisotopic (exact) mass is 241 g/mol. The maximum atomic E-state index is 11.6. The minimum atomic E-state index is -0.0461. The van der Waals surface area contributed by atoms with Crippen LogP contribution in [0.25, 0.3) is 0 Å². The van der Waals surface area contributed by atoms with Crippen LogP contribution in [-0.2, 0) is 11.3 Å². The Kier molecular flexibility index (Phi) is 4.44. The molecule has 0 aliphatic carbocycles. The Morgan fingerprint density at radius 3 is 2.50 bits per heavy atom. The number of carbonyl (C=O) groups is 1. The topological polar surface area (TPSA) is 54.0 Å². The fourth-order valence-electron chi connectivity index (χ4n) is 1.55. The number of nitrogens with one attached hydrogen (secondary N) is 2. The zero-order valence-corrected chi connectivity index (χ0v) is 9.97. The Labute approximate surface area is 106 Å². The number of anilines is 1. The van der Waals surface area contributed by atoms with Gasteiger partial charge in [0.1, 0.15) is 0 Å². The lowest BCUT2D eigenvalue weighted by Gasteiger charge is -2.06. The maximum absolute atomic E-state index is 11.6. The molecule has 18 heavy (non-hydrogen) atoms. The van der Waals surface area contributed by atoms with E-state index in [0.717, 1.165) is 11.3 Å². The van der Waals surface area contributed by atoms with Crippen LogP contribution in [0, 0.1) is 0 Å². The number of nitrogens with zero attached hydrogens (tertiary/aromatic N) is 1. The zero-order chi connectivity index (χ0) is 12.6. The highest BCUT2D eigenvalue weighted by atomic mass is 16.1. The molecule has 0 fully saturated rings. The van der Waals surface area contributed by atoms with Crippen LogP contribution in [0.1, 0.15) is 5.56 Å². The first kappa shape index (κ1) is 12.3. The fourth-order valence-corrected chi connectivity index (χ4v) is 1.55. The number of benzene rings is 1. The van der Waals surface area contributed by atoms with Gasteiger partial charge < -0.3 is 10.6 Å². The molecule has 1 amide bonds. The smallest absolute Gasteiger partial charge is 0.238 e. The molecule has 2 N–H and O–H groups in total. The number of aromatic nitrogens is 1. The van der Waals surface area contributed by atoms with Gasteiger partial charge >= 0.3 is 0 Å². The van der Waals surface area contributed by atoms with Gasteiger partial charge in [-0.1, -0.05) is 18.2 Å². The lowest BCUT2D eigenvalue weighted by atomic mass is 10.3. The molecule has 0 saturated heterocycles. The number of hydrogen-bond donors (Lipinski definition) is 2. The van der Waals surface area contributed by atoms with Crippen LogP contribution in [0.15, 0.2) is 54.9 Å². The number of para-hydroxylation sites is 1. The molecule has 4 heteroatoms. The molecule has 0 aliphatic heterocycles. The molecule has 0 unspecified atom stereocenters. The highest BCUT2D eigenvalue weighted by Gasteiger charge is 2.00. The largest absolute Gasteiger partial charge is 0.325 e. The second-order valence-corrected chi connectivity index (χ2v) is 3.87. The summed E-state index contributed by atoms with van der Waals surface area (Å²) in [5.41, 5.74) is 1.92. The van der Waals surface area contributed by atoms with Gasteiger partial charge in [-0.2, -0.15) is 0 Å². The predicted molar refractivity (Wildman–Crippen MR) is 71.0 cm³/mol. The van der Waals surface area contributed by atoms with Crippen LogP contribution in [0.5, 0.6) is 0 Å². The summed E-state index contributed by atoms with van der Waals surface area (Å²) in [5.74, 6) is -0.0461. The number of amides is 1. The van der Waals surface area contributed by atoms with Crippen LogP contribution in [0.3, 0.4) is 0 Å². The lowest BCUT2D eigenvalue weighted by Crippen LogP contribution is -2.27. The Hall–Kier alpha value is -2.20. The standard InChI is InChI=1S/C14H15N3O/c18-14(17-13-4-2-1-3-5-13)11-16-10-12-6-8-15-9-7-12/h1-9,16H,10-11H2,(H,17,18). The van der Waals surface area contributed by atoms with Crippen molar-refractivity contribution in [2.45, 2.75) is 6.54 Å². The summed E-state index contributed by atoms with van der Waals surface area (Å²) in [4.78, 5) is 15.6. The lowest BCUT2D eigenvalue weighted by molar-refractivity contribution is -0.115. The molecule has 0 aliphatic rings. The normalized spacial score (nSPS) is 10.0. The summed E-state index contributed by atoms with van der Waals surface area (Å²) in [6.07, 6.45) is 3.47. The third kappa shape index (κ3) is 3.99. The van der Waals surface area contributed by atoms with E-state index in [1.807, 2.05) is 42.5 Å². The highest BCUT2D eigenvalue weighted by molar-refractivity contribution is 5.92. The van der Waals surface area contributed by atoms with Crippen molar-refractivity contribution < 1.29 is 4.79 Å². The van der Waals surface area contributed by atoms with Crippen LogP contribution < -0.4 is 10.6 Å². The average molecular weight is 241 g/mol. The summed E-state index contributed by atoms with van der Waals surface area (Å²) in [6.45, 7) is 0.946. The summed E-state index contributed by atoms with van der Waals surface area (Å²) < 4.78 is 0.